The van der Waals surface area contributed by atoms with Crippen molar-refractivity contribution in [3.05, 3.63) is 92.4 Å². The van der Waals surface area contributed by atoms with Crippen LogP contribution in [0.2, 0.25) is 15.1 Å². The molecule has 0 aromatic heterocycles. The first-order valence-corrected chi connectivity index (χ1v) is 11.3. The highest BCUT2D eigenvalue weighted by Crippen LogP contribution is 2.32. The second-order valence-corrected chi connectivity index (χ2v) is 8.63. The van der Waals surface area contributed by atoms with E-state index in [2.05, 4.69) is 5.32 Å². The number of nitrogens with one attached hydrogen (secondary N) is 1. The number of halogens is 3. The van der Waals surface area contributed by atoms with Gasteiger partial charge in [0.05, 0.1) is 22.8 Å². The summed E-state index contributed by atoms with van der Waals surface area (Å²) in [5.41, 5.74) is 1.33. The minimum Gasteiger partial charge on any atom is -0.493 e. The Balaban J connectivity index is 1.59. The first-order valence-electron chi connectivity index (χ1n) is 10.2. The van der Waals surface area contributed by atoms with Gasteiger partial charge in [0.1, 0.15) is 12.2 Å². The number of carbonyl (C=O) groups excluding carboxylic acids is 3. The lowest BCUT2D eigenvalue weighted by atomic mass is 10.1. The van der Waals surface area contributed by atoms with Crippen molar-refractivity contribution in [1.82, 2.24) is 5.32 Å². The number of hydrogen-bond acceptors (Lipinski definition) is 5. The maximum absolute atomic E-state index is 13.1. The van der Waals surface area contributed by atoms with E-state index in [4.69, 9.17) is 44.3 Å². The minimum atomic E-state index is -0.890. The SMILES string of the molecule is COc1cc(/C=C2\C(=O)NC(=O)N(c3ccc(Cl)c(Cl)c3)C2=O)ccc1OCc1ccc(Cl)cc1. The van der Waals surface area contributed by atoms with E-state index >= 15 is 0 Å². The zero-order valence-corrected chi connectivity index (χ0v) is 20.4. The van der Waals surface area contributed by atoms with Crippen LogP contribution in [0.4, 0.5) is 10.5 Å². The number of ether oxygens (including phenoxy) is 2. The molecule has 0 atom stereocenters. The molecule has 0 saturated carbocycles. The van der Waals surface area contributed by atoms with Crippen LogP contribution in [-0.2, 0) is 16.2 Å². The fraction of sp³-hybridized carbons (Fsp3) is 0.0800. The summed E-state index contributed by atoms with van der Waals surface area (Å²) in [6.45, 7) is 0.287. The van der Waals surface area contributed by atoms with E-state index in [1.165, 1.54) is 31.4 Å². The molecule has 10 heteroatoms. The lowest BCUT2D eigenvalue weighted by Crippen LogP contribution is -2.54. The Kier molecular flexibility index (Phi) is 7.31. The lowest BCUT2D eigenvalue weighted by Gasteiger charge is -2.26. The molecule has 7 nitrogen and oxygen atoms in total. The molecular weight excluding hydrogens is 515 g/mol. The van der Waals surface area contributed by atoms with Crippen molar-refractivity contribution in [2.75, 3.05) is 12.0 Å². The smallest absolute Gasteiger partial charge is 0.335 e. The van der Waals surface area contributed by atoms with E-state index in [1.54, 1.807) is 30.3 Å². The second kappa shape index (κ2) is 10.4. The Labute approximate surface area is 215 Å². The molecule has 35 heavy (non-hydrogen) atoms. The van der Waals surface area contributed by atoms with Gasteiger partial charge in [0.25, 0.3) is 11.8 Å². The van der Waals surface area contributed by atoms with Gasteiger partial charge in [0, 0.05) is 5.02 Å². The molecule has 3 aromatic rings. The summed E-state index contributed by atoms with van der Waals surface area (Å²) in [5.74, 6) is -0.761. The number of rotatable bonds is 6. The number of carbonyl (C=O) groups is 3. The first kappa shape index (κ1) is 24.6. The number of methoxy groups -OCH3 is 1. The van der Waals surface area contributed by atoms with Gasteiger partial charge in [-0.15, -0.1) is 0 Å². The number of benzene rings is 3. The molecule has 0 bridgehead atoms. The Morgan fingerprint density at radius 3 is 2.31 bits per heavy atom. The third-order valence-corrected chi connectivity index (χ3v) is 6.06. The predicted octanol–water partition coefficient (Wildman–Crippen LogP) is 5.90. The average Bonchev–Trinajstić information content (AvgIpc) is 2.83. The van der Waals surface area contributed by atoms with Gasteiger partial charge < -0.3 is 9.47 Å². The molecule has 4 amide bonds. The number of anilines is 1. The highest BCUT2D eigenvalue weighted by molar-refractivity contribution is 6.43. The molecule has 1 aliphatic heterocycles. The molecule has 0 spiro atoms. The van der Waals surface area contributed by atoms with Gasteiger partial charge in [0.15, 0.2) is 11.5 Å². The van der Waals surface area contributed by atoms with Crippen molar-refractivity contribution < 1.29 is 23.9 Å². The van der Waals surface area contributed by atoms with E-state index in [-0.39, 0.29) is 27.9 Å². The van der Waals surface area contributed by atoms with E-state index in [0.717, 1.165) is 10.5 Å². The average molecular weight is 532 g/mol. The third-order valence-electron chi connectivity index (χ3n) is 5.07. The Hall–Kier alpha value is -3.52. The van der Waals surface area contributed by atoms with Gasteiger partial charge in [-0.3, -0.25) is 14.9 Å². The molecule has 4 rings (SSSR count). The van der Waals surface area contributed by atoms with Crippen LogP contribution in [0.15, 0.2) is 66.2 Å². The second-order valence-electron chi connectivity index (χ2n) is 7.38. The Bertz CT molecular complexity index is 1360. The van der Waals surface area contributed by atoms with Gasteiger partial charge >= 0.3 is 6.03 Å². The molecule has 1 N–H and O–H groups in total. The standard InChI is InChI=1S/C25H17Cl3N2O5/c1-34-22-11-15(4-9-21(22)35-13-14-2-5-16(26)6-3-14)10-18-23(31)29-25(33)30(24(18)32)17-7-8-19(27)20(28)12-17/h2-12H,13H2,1H3,(H,29,31,33)/b18-10+. The van der Waals surface area contributed by atoms with Crippen LogP contribution in [0.1, 0.15) is 11.1 Å². The molecule has 0 unspecified atom stereocenters. The zero-order chi connectivity index (χ0) is 25.1. The van der Waals surface area contributed by atoms with E-state index in [9.17, 15) is 14.4 Å². The van der Waals surface area contributed by atoms with Crippen LogP contribution >= 0.6 is 34.8 Å². The van der Waals surface area contributed by atoms with Crippen LogP contribution in [0, 0.1) is 0 Å². The summed E-state index contributed by atoms with van der Waals surface area (Å²) in [5, 5.41) is 3.21. The molecule has 178 valence electrons. The summed E-state index contributed by atoms with van der Waals surface area (Å²) in [6, 6.07) is 15.6. The topological polar surface area (TPSA) is 84.9 Å². The predicted molar refractivity (Wildman–Crippen MR) is 134 cm³/mol. The van der Waals surface area contributed by atoms with E-state index < -0.39 is 17.8 Å². The lowest BCUT2D eigenvalue weighted by molar-refractivity contribution is -0.122. The molecule has 0 radical (unpaired) electrons. The third kappa shape index (κ3) is 5.43. The van der Waals surface area contributed by atoms with Crippen molar-refractivity contribution in [1.29, 1.82) is 0 Å². The summed E-state index contributed by atoms with van der Waals surface area (Å²) in [7, 11) is 1.48. The molecule has 1 fully saturated rings. The van der Waals surface area contributed by atoms with Crippen molar-refractivity contribution >= 4 is 64.4 Å². The van der Waals surface area contributed by atoms with Gasteiger partial charge in [0.2, 0.25) is 0 Å². The normalized spacial score (nSPS) is 14.8. The summed E-state index contributed by atoms with van der Waals surface area (Å²) >= 11 is 17.9. The Morgan fingerprint density at radius 2 is 1.63 bits per heavy atom. The monoisotopic (exact) mass is 530 g/mol. The molecule has 1 heterocycles. The van der Waals surface area contributed by atoms with Crippen LogP contribution in [0.3, 0.4) is 0 Å². The van der Waals surface area contributed by atoms with Gasteiger partial charge in [-0.25, -0.2) is 9.69 Å². The highest BCUT2D eigenvalue weighted by atomic mass is 35.5. The number of nitrogens with zero attached hydrogens (tertiary/aromatic N) is 1. The zero-order valence-electron chi connectivity index (χ0n) is 18.2. The van der Waals surface area contributed by atoms with Gasteiger partial charge in [-0.2, -0.15) is 0 Å². The van der Waals surface area contributed by atoms with Crippen molar-refractivity contribution in [2.45, 2.75) is 6.61 Å². The van der Waals surface area contributed by atoms with Crippen LogP contribution < -0.4 is 19.7 Å². The fourth-order valence-corrected chi connectivity index (χ4v) is 3.74. The summed E-state index contributed by atoms with van der Waals surface area (Å²) in [4.78, 5) is 38.8. The minimum absolute atomic E-state index is 0.158. The molecule has 1 aliphatic rings. The van der Waals surface area contributed by atoms with E-state index in [1.807, 2.05) is 12.1 Å². The maximum Gasteiger partial charge on any atom is 0.335 e. The summed E-state index contributed by atoms with van der Waals surface area (Å²) in [6.07, 6.45) is 1.36. The van der Waals surface area contributed by atoms with E-state index in [0.29, 0.717) is 22.1 Å². The largest absolute Gasteiger partial charge is 0.493 e. The first-order chi connectivity index (χ1) is 16.8. The number of hydrogen-bond donors (Lipinski definition) is 1. The summed E-state index contributed by atoms with van der Waals surface area (Å²) < 4.78 is 11.3. The fourth-order valence-electron chi connectivity index (χ4n) is 3.32. The van der Waals surface area contributed by atoms with Gasteiger partial charge in [-0.05, 0) is 59.7 Å². The van der Waals surface area contributed by atoms with Crippen LogP contribution in [0.25, 0.3) is 6.08 Å². The number of amides is 4. The highest BCUT2D eigenvalue weighted by Gasteiger charge is 2.37. The van der Waals surface area contributed by atoms with Crippen LogP contribution in [-0.4, -0.2) is 25.0 Å². The Morgan fingerprint density at radius 1 is 0.886 bits per heavy atom. The van der Waals surface area contributed by atoms with Crippen molar-refractivity contribution in [2.24, 2.45) is 0 Å². The maximum atomic E-state index is 13.1. The number of urea groups is 1. The quantitative estimate of drug-likeness (QED) is 0.316. The van der Waals surface area contributed by atoms with Crippen molar-refractivity contribution in [3.63, 3.8) is 0 Å². The molecule has 1 saturated heterocycles. The number of barbiturate groups is 1. The van der Waals surface area contributed by atoms with Crippen molar-refractivity contribution in [3.8, 4) is 11.5 Å². The molecular formula is C25H17Cl3N2O5. The number of imide groups is 2. The molecule has 3 aromatic carbocycles. The van der Waals surface area contributed by atoms with Crippen LogP contribution in [0.5, 0.6) is 11.5 Å². The molecule has 0 aliphatic carbocycles. The van der Waals surface area contributed by atoms with Gasteiger partial charge in [-0.1, -0.05) is 53.0 Å².